The van der Waals surface area contributed by atoms with Crippen LogP contribution in [0.4, 0.5) is 10.1 Å². The zero-order valence-corrected chi connectivity index (χ0v) is 11.9. The molecule has 0 atom stereocenters. The second-order valence-electron chi connectivity index (χ2n) is 4.38. The van der Waals surface area contributed by atoms with Gasteiger partial charge in [-0.2, -0.15) is 0 Å². The molecule has 9 heteroatoms. The fraction of sp³-hybridized carbons (Fsp3) is 0.455. The minimum absolute atomic E-state index is 0.0942. The summed E-state index contributed by atoms with van der Waals surface area (Å²) in [5.74, 6) is -1.15. The maximum atomic E-state index is 13.6. The molecule has 20 heavy (non-hydrogen) atoms. The molecule has 0 aliphatic carbocycles. The molecule has 1 aromatic rings. The normalized spacial score (nSPS) is 11.8. The molecular weight excluding hydrogens is 289 g/mol. The summed E-state index contributed by atoms with van der Waals surface area (Å²) in [6.07, 6.45) is 0. The van der Waals surface area contributed by atoms with E-state index in [0.717, 1.165) is 12.1 Å². The van der Waals surface area contributed by atoms with Crippen molar-refractivity contribution in [1.29, 1.82) is 0 Å². The first-order valence-electron chi connectivity index (χ1n) is 5.91. The molecular formula is C11H16FN3O4S. The zero-order chi connectivity index (χ0) is 15.3. The van der Waals surface area contributed by atoms with Crippen LogP contribution in [0.1, 0.15) is 13.8 Å². The van der Waals surface area contributed by atoms with E-state index in [0.29, 0.717) is 12.6 Å². The summed E-state index contributed by atoms with van der Waals surface area (Å²) in [5.41, 5.74) is -0.497. The third kappa shape index (κ3) is 4.51. The van der Waals surface area contributed by atoms with Crippen molar-refractivity contribution in [1.82, 2.24) is 10.0 Å². The van der Waals surface area contributed by atoms with Gasteiger partial charge in [0, 0.05) is 25.2 Å². The van der Waals surface area contributed by atoms with Gasteiger partial charge in [-0.05, 0) is 6.07 Å². The number of hydrogen-bond donors (Lipinski definition) is 2. The minimum Gasteiger partial charge on any atom is -0.313 e. The van der Waals surface area contributed by atoms with Gasteiger partial charge >= 0.3 is 0 Å². The van der Waals surface area contributed by atoms with Gasteiger partial charge in [-0.25, -0.2) is 17.5 Å². The Labute approximate surface area is 116 Å². The monoisotopic (exact) mass is 305 g/mol. The standard InChI is InChI=1S/C11H16FN3O4S/c1-8(2)13-5-6-14-20(18,19)11-4-3-9(15(16)17)7-10(11)12/h3-4,7-8,13-14H,5-6H2,1-2H3. The quantitative estimate of drug-likeness (QED) is 0.445. The minimum atomic E-state index is -4.02. The van der Waals surface area contributed by atoms with Crippen LogP contribution < -0.4 is 10.0 Å². The Morgan fingerprint density at radius 1 is 1.35 bits per heavy atom. The van der Waals surface area contributed by atoms with E-state index < -0.39 is 31.3 Å². The molecule has 0 radical (unpaired) electrons. The molecule has 0 amide bonds. The van der Waals surface area contributed by atoms with Crippen molar-refractivity contribution in [2.45, 2.75) is 24.8 Å². The van der Waals surface area contributed by atoms with E-state index in [4.69, 9.17) is 0 Å². The molecule has 1 rings (SSSR count). The molecule has 0 saturated heterocycles. The fourth-order valence-electron chi connectivity index (χ4n) is 1.45. The van der Waals surface area contributed by atoms with E-state index >= 15 is 0 Å². The van der Waals surface area contributed by atoms with Gasteiger partial charge in [-0.15, -0.1) is 0 Å². The highest BCUT2D eigenvalue weighted by Gasteiger charge is 2.21. The maximum absolute atomic E-state index is 13.6. The first kappa shape index (κ1) is 16.5. The number of sulfonamides is 1. The lowest BCUT2D eigenvalue weighted by Gasteiger charge is -2.10. The number of benzene rings is 1. The molecule has 0 unspecified atom stereocenters. The van der Waals surface area contributed by atoms with Crippen molar-refractivity contribution in [3.63, 3.8) is 0 Å². The Morgan fingerprint density at radius 3 is 2.50 bits per heavy atom. The summed E-state index contributed by atoms with van der Waals surface area (Å²) < 4.78 is 39.5. The van der Waals surface area contributed by atoms with Crippen molar-refractivity contribution in [2.75, 3.05) is 13.1 Å². The molecule has 0 fully saturated rings. The Balaban J connectivity index is 2.80. The average molecular weight is 305 g/mol. The lowest BCUT2D eigenvalue weighted by atomic mass is 10.3. The van der Waals surface area contributed by atoms with Crippen LogP contribution in [0.5, 0.6) is 0 Å². The average Bonchev–Trinajstić information content (AvgIpc) is 2.34. The topological polar surface area (TPSA) is 101 Å². The largest absolute Gasteiger partial charge is 0.313 e. The third-order valence-corrected chi connectivity index (χ3v) is 3.88. The van der Waals surface area contributed by atoms with Crippen LogP contribution in [0.15, 0.2) is 23.1 Å². The Bertz CT molecular complexity index is 589. The van der Waals surface area contributed by atoms with Gasteiger partial charge in [0.2, 0.25) is 10.0 Å². The number of non-ortho nitro benzene ring substituents is 1. The molecule has 7 nitrogen and oxygen atoms in total. The summed E-state index contributed by atoms with van der Waals surface area (Å²) in [5, 5.41) is 13.5. The van der Waals surface area contributed by atoms with E-state index in [1.165, 1.54) is 0 Å². The molecule has 0 aliphatic heterocycles. The summed E-state index contributed by atoms with van der Waals surface area (Å²) >= 11 is 0. The summed E-state index contributed by atoms with van der Waals surface area (Å²) in [6.45, 7) is 4.30. The first-order chi connectivity index (χ1) is 9.24. The number of nitro groups is 1. The lowest BCUT2D eigenvalue weighted by molar-refractivity contribution is -0.385. The second kappa shape index (κ2) is 6.73. The van der Waals surface area contributed by atoms with Crippen molar-refractivity contribution < 1.29 is 17.7 Å². The van der Waals surface area contributed by atoms with E-state index in [9.17, 15) is 22.9 Å². The van der Waals surface area contributed by atoms with Crippen molar-refractivity contribution >= 4 is 15.7 Å². The molecule has 0 saturated carbocycles. The SMILES string of the molecule is CC(C)NCCNS(=O)(=O)c1ccc([N+](=O)[O-])cc1F. The van der Waals surface area contributed by atoms with Crippen LogP contribution in [0, 0.1) is 15.9 Å². The Hall–Kier alpha value is -1.58. The van der Waals surface area contributed by atoms with Gasteiger partial charge < -0.3 is 5.32 Å². The molecule has 112 valence electrons. The first-order valence-corrected chi connectivity index (χ1v) is 7.39. The van der Waals surface area contributed by atoms with Crippen LogP contribution >= 0.6 is 0 Å². The Morgan fingerprint density at radius 2 is 2.00 bits per heavy atom. The smallest absolute Gasteiger partial charge is 0.272 e. The maximum Gasteiger partial charge on any atom is 0.272 e. The molecule has 0 heterocycles. The highest BCUT2D eigenvalue weighted by atomic mass is 32.2. The van der Waals surface area contributed by atoms with Gasteiger partial charge in [0.1, 0.15) is 10.7 Å². The zero-order valence-electron chi connectivity index (χ0n) is 11.1. The number of rotatable bonds is 7. The molecule has 0 aromatic heterocycles. The lowest BCUT2D eigenvalue weighted by Crippen LogP contribution is -2.34. The number of hydrogen-bond acceptors (Lipinski definition) is 5. The number of nitrogens with zero attached hydrogens (tertiary/aromatic N) is 1. The van der Waals surface area contributed by atoms with E-state index in [1.54, 1.807) is 0 Å². The number of halogens is 1. The summed E-state index contributed by atoms with van der Waals surface area (Å²) in [7, 11) is -4.02. The van der Waals surface area contributed by atoms with Crippen LogP contribution in [-0.4, -0.2) is 32.5 Å². The number of nitro benzene ring substituents is 1. The van der Waals surface area contributed by atoms with Gasteiger partial charge in [0.15, 0.2) is 0 Å². The van der Waals surface area contributed by atoms with E-state index in [2.05, 4.69) is 10.0 Å². The van der Waals surface area contributed by atoms with Gasteiger partial charge in [0.05, 0.1) is 11.0 Å². The van der Waals surface area contributed by atoms with Crippen LogP contribution in [0.3, 0.4) is 0 Å². The molecule has 0 bridgehead atoms. The van der Waals surface area contributed by atoms with Crippen molar-refractivity contribution in [3.05, 3.63) is 34.1 Å². The van der Waals surface area contributed by atoms with Crippen LogP contribution in [0.25, 0.3) is 0 Å². The highest BCUT2D eigenvalue weighted by molar-refractivity contribution is 7.89. The van der Waals surface area contributed by atoms with E-state index in [-0.39, 0.29) is 12.6 Å². The van der Waals surface area contributed by atoms with Gasteiger partial charge in [0.25, 0.3) is 5.69 Å². The van der Waals surface area contributed by atoms with Gasteiger partial charge in [-0.3, -0.25) is 10.1 Å². The second-order valence-corrected chi connectivity index (χ2v) is 6.11. The summed E-state index contributed by atoms with van der Waals surface area (Å²) in [4.78, 5) is 9.06. The number of nitrogens with one attached hydrogen (secondary N) is 2. The molecule has 0 spiro atoms. The molecule has 1 aromatic carbocycles. The molecule has 2 N–H and O–H groups in total. The van der Waals surface area contributed by atoms with Crippen LogP contribution in [0.2, 0.25) is 0 Å². The summed E-state index contributed by atoms with van der Waals surface area (Å²) in [6, 6.07) is 2.62. The van der Waals surface area contributed by atoms with Crippen molar-refractivity contribution in [3.8, 4) is 0 Å². The predicted octanol–water partition coefficient (Wildman–Crippen LogP) is 1.01. The highest BCUT2D eigenvalue weighted by Crippen LogP contribution is 2.20. The van der Waals surface area contributed by atoms with Crippen molar-refractivity contribution in [2.24, 2.45) is 0 Å². The predicted molar refractivity (Wildman–Crippen MR) is 71.4 cm³/mol. The van der Waals surface area contributed by atoms with Gasteiger partial charge in [-0.1, -0.05) is 13.8 Å². The van der Waals surface area contributed by atoms with E-state index in [1.807, 2.05) is 13.8 Å². The third-order valence-electron chi connectivity index (χ3n) is 2.39. The fourth-order valence-corrected chi connectivity index (χ4v) is 2.53. The molecule has 0 aliphatic rings. The van der Waals surface area contributed by atoms with Crippen LogP contribution in [-0.2, 0) is 10.0 Å². The Kier molecular flexibility index (Phi) is 5.54.